The zero-order valence-electron chi connectivity index (χ0n) is 11.4. The number of hydrogen-bond donors (Lipinski definition) is 1. The summed E-state index contributed by atoms with van der Waals surface area (Å²) in [7, 11) is 0. The Morgan fingerprint density at radius 2 is 2.00 bits per heavy atom. The van der Waals surface area contributed by atoms with Gasteiger partial charge in [-0.3, -0.25) is 9.59 Å². The summed E-state index contributed by atoms with van der Waals surface area (Å²) in [5.74, 6) is -3.60. The van der Waals surface area contributed by atoms with Gasteiger partial charge in [0, 0.05) is 18.2 Å². The number of alkyl halides is 3. The zero-order valence-corrected chi connectivity index (χ0v) is 12.2. The average Bonchev–Trinajstić information content (AvgIpc) is 2.86. The van der Waals surface area contributed by atoms with E-state index < -0.39 is 23.9 Å². The molecule has 1 aromatic rings. The van der Waals surface area contributed by atoms with Crippen LogP contribution in [0.1, 0.15) is 43.1 Å². The SMILES string of the molecule is CC(=O)c1csc(NC(=O)C2CCCCC2C(F)(F)F)n1. The predicted molar refractivity (Wildman–Crippen MR) is 72.3 cm³/mol. The molecule has 1 saturated carbocycles. The summed E-state index contributed by atoms with van der Waals surface area (Å²) >= 11 is 1.03. The Balaban J connectivity index is 2.08. The van der Waals surface area contributed by atoms with E-state index in [0.717, 1.165) is 11.3 Å². The van der Waals surface area contributed by atoms with Gasteiger partial charge in [0.05, 0.1) is 5.92 Å². The zero-order chi connectivity index (χ0) is 15.6. The second-order valence-corrected chi connectivity index (χ2v) is 5.98. The third-order valence-electron chi connectivity index (χ3n) is 3.62. The van der Waals surface area contributed by atoms with E-state index in [0.29, 0.717) is 12.8 Å². The first-order chi connectivity index (χ1) is 9.79. The fourth-order valence-corrected chi connectivity index (χ4v) is 3.28. The van der Waals surface area contributed by atoms with Crippen LogP contribution < -0.4 is 5.32 Å². The smallest absolute Gasteiger partial charge is 0.302 e. The monoisotopic (exact) mass is 320 g/mol. The van der Waals surface area contributed by atoms with Gasteiger partial charge in [-0.25, -0.2) is 4.98 Å². The number of hydrogen-bond acceptors (Lipinski definition) is 4. The molecule has 1 fully saturated rings. The molecule has 1 N–H and O–H groups in total. The topological polar surface area (TPSA) is 59.1 Å². The van der Waals surface area contributed by atoms with Gasteiger partial charge >= 0.3 is 6.18 Å². The molecule has 2 atom stereocenters. The van der Waals surface area contributed by atoms with Gasteiger partial charge in [-0.05, 0) is 12.8 Å². The molecule has 2 rings (SSSR count). The molecule has 0 bridgehead atoms. The van der Waals surface area contributed by atoms with Gasteiger partial charge in [0.25, 0.3) is 0 Å². The van der Waals surface area contributed by atoms with Crippen molar-refractivity contribution >= 4 is 28.2 Å². The Morgan fingerprint density at radius 1 is 1.33 bits per heavy atom. The Hall–Kier alpha value is -1.44. The van der Waals surface area contributed by atoms with Gasteiger partial charge in [0.1, 0.15) is 5.69 Å². The Labute approximate surface area is 123 Å². The number of aromatic nitrogens is 1. The summed E-state index contributed by atoms with van der Waals surface area (Å²) in [4.78, 5) is 27.1. The van der Waals surface area contributed by atoms with Crippen molar-refractivity contribution in [2.24, 2.45) is 11.8 Å². The van der Waals surface area contributed by atoms with Crippen LogP contribution in [-0.2, 0) is 4.79 Å². The lowest BCUT2D eigenvalue weighted by Crippen LogP contribution is -2.39. The van der Waals surface area contributed by atoms with E-state index in [1.54, 1.807) is 0 Å². The Bertz CT molecular complexity index is 542. The number of nitrogens with zero attached hydrogens (tertiary/aromatic N) is 1. The number of amides is 1. The van der Waals surface area contributed by atoms with E-state index in [-0.39, 0.29) is 29.5 Å². The first-order valence-electron chi connectivity index (χ1n) is 6.63. The van der Waals surface area contributed by atoms with Crippen LogP contribution in [0.2, 0.25) is 0 Å². The van der Waals surface area contributed by atoms with Crippen LogP contribution in [0.3, 0.4) is 0 Å². The number of thiazole rings is 1. The molecule has 0 aliphatic heterocycles. The van der Waals surface area contributed by atoms with Crippen LogP contribution in [-0.4, -0.2) is 22.9 Å². The minimum Gasteiger partial charge on any atom is -0.302 e. The van der Waals surface area contributed by atoms with Gasteiger partial charge in [0.15, 0.2) is 10.9 Å². The fourth-order valence-electron chi connectivity index (χ4n) is 2.53. The minimum atomic E-state index is -4.37. The minimum absolute atomic E-state index is 0.0157. The number of ketones is 1. The van der Waals surface area contributed by atoms with Crippen LogP contribution in [0.5, 0.6) is 0 Å². The van der Waals surface area contributed by atoms with Crippen LogP contribution >= 0.6 is 11.3 Å². The van der Waals surface area contributed by atoms with Crippen molar-refractivity contribution < 1.29 is 22.8 Å². The number of carbonyl (C=O) groups is 2. The van der Waals surface area contributed by atoms with E-state index in [1.165, 1.54) is 12.3 Å². The molecule has 0 saturated heterocycles. The summed E-state index contributed by atoms with van der Waals surface area (Å²) in [5.41, 5.74) is 0.200. The molecule has 0 spiro atoms. The standard InChI is InChI=1S/C13H15F3N2O2S/c1-7(19)10-6-21-12(17-10)18-11(20)8-4-2-3-5-9(8)13(14,15)16/h6,8-9H,2-5H2,1H3,(H,17,18,20). The highest BCUT2D eigenvalue weighted by Crippen LogP contribution is 2.41. The molecule has 1 aromatic heterocycles. The molecule has 116 valence electrons. The molecule has 1 heterocycles. The van der Waals surface area contributed by atoms with Crippen molar-refractivity contribution in [2.75, 3.05) is 5.32 Å². The largest absolute Gasteiger partial charge is 0.392 e. The number of Topliss-reactive ketones (excluding diaryl/α,β-unsaturated/α-hetero) is 1. The molecule has 4 nitrogen and oxygen atoms in total. The predicted octanol–water partition coefficient (Wildman–Crippen LogP) is 3.65. The second-order valence-electron chi connectivity index (χ2n) is 5.12. The number of carbonyl (C=O) groups excluding carboxylic acids is 2. The molecule has 1 aliphatic carbocycles. The highest BCUT2D eigenvalue weighted by atomic mass is 32.1. The second kappa shape index (κ2) is 6.13. The highest BCUT2D eigenvalue weighted by molar-refractivity contribution is 7.14. The third kappa shape index (κ3) is 3.81. The molecular formula is C13H15F3N2O2S. The first-order valence-corrected chi connectivity index (χ1v) is 7.51. The summed E-state index contributed by atoms with van der Waals surface area (Å²) < 4.78 is 38.9. The summed E-state index contributed by atoms with van der Waals surface area (Å²) in [5, 5.41) is 4.04. The van der Waals surface area contributed by atoms with Crippen LogP contribution in [0.4, 0.5) is 18.3 Å². The summed E-state index contributed by atoms with van der Waals surface area (Å²) in [6.07, 6.45) is -3.06. The van der Waals surface area contributed by atoms with E-state index in [9.17, 15) is 22.8 Å². The molecule has 0 radical (unpaired) electrons. The molecule has 8 heteroatoms. The number of rotatable bonds is 3. The van der Waals surface area contributed by atoms with Gasteiger partial charge in [-0.2, -0.15) is 13.2 Å². The first kappa shape index (κ1) is 15.9. The van der Waals surface area contributed by atoms with Crippen molar-refractivity contribution in [1.29, 1.82) is 0 Å². The van der Waals surface area contributed by atoms with E-state index in [2.05, 4.69) is 10.3 Å². The lowest BCUT2D eigenvalue weighted by Gasteiger charge is -2.31. The highest BCUT2D eigenvalue weighted by Gasteiger charge is 2.48. The van der Waals surface area contributed by atoms with Crippen molar-refractivity contribution in [2.45, 2.75) is 38.8 Å². The number of halogens is 3. The fraction of sp³-hybridized carbons (Fsp3) is 0.615. The normalized spacial score (nSPS) is 22.9. The van der Waals surface area contributed by atoms with Gasteiger partial charge in [0.2, 0.25) is 5.91 Å². The summed E-state index contributed by atoms with van der Waals surface area (Å²) in [6.45, 7) is 1.33. The molecule has 2 unspecified atom stereocenters. The Morgan fingerprint density at radius 3 is 2.57 bits per heavy atom. The van der Waals surface area contributed by atoms with E-state index >= 15 is 0 Å². The molecule has 1 aliphatic rings. The third-order valence-corrected chi connectivity index (χ3v) is 4.38. The maximum Gasteiger partial charge on any atom is 0.392 e. The maximum atomic E-state index is 13.0. The van der Waals surface area contributed by atoms with Crippen molar-refractivity contribution in [3.05, 3.63) is 11.1 Å². The quantitative estimate of drug-likeness (QED) is 0.865. The van der Waals surface area contributed by atoms with Crippen LogP contribution in [0.25, 0.3) is 0 Å². The van der Waals surface area contributed by atoms with Crippen LogP contribution in [0, 0.1) is 11.8 Å². The molecule has 0 aromatic carbocycles. The molecule has 1 amide bonds. The van der Waals surface area contributed by atoms with Crippen molar-refractivity contribution in [1.82, 2.24) is 4.98 Å². The number of anilines is 1. The Kier molecular flexibility index (Phi) is 4.65. The summed E-state index contributed by atoms with van der Waals surface area (Å²) in [6, 6.07) is 0. The van der Waals surface area contributed by atoms with Crippen LogP contribution in [0.15, 0.2) is 5.38 Å². The van der Waals surface area contributed by atoms with Crippen molar-refractivity contribution in [3.8, 4) is 0 Å². The number of nitrogens with one attached hydrogen (secondary N) is 1. The van der Waals surface area contributed by atoms with E-state index in [4.69, 9.17) is 0 Å². The average molecular weight is 320 g/mol. The van der Waals surface area contributed by atoms with E-state index in [1.807, 2.05) is 0 Å². The van der Waals surface area contributed by atoms with Crippen molar-refractivity contribution in [3.63, 3.8) is 0 Å². The molecular weight excluding hydrogens is 305 g/mol. The lowest BCUT2D eigenvalue weighted by atomic mass is 9.78. The van der Waals surface area contributed by atoms with Gasteiger partial charge in [-0.15, -0.1) is 11.3 Å². The maximum absolute atomic E-state index is 13.0. The molecule has 21 heavy (non-hydrogen) atoms. The van der Waals surface area contributed by atoms with Gasteiger partial charge < -0.3 is 5.32 Å². The lowest BCUT2D eigenvalue weighted by molar-refractivity contribution is -0.197. The van der Waals surface area contributed by atoms with Gasteiger partial charge in [-0.1, -0.05) is 12.8 Å².